The number of pyridine rings is 1. The van der Waals surface area contributed by atoms with Crippen molar-refractivity contribution in [3.63, 3.8) is 0 Å². The molecule has 0 unspecified atom stereocenters. The van der Waals surface area contributed by atoms with Crippen LogP contribution in [0.25, 0.3) is 10.8 Å². The summed E-state index contributed by atoms with van der Waals surface area (Å²) in [7, 11) is 2.17. The number of rotatable bonds is 4. The Labute approximate surface area is 166 Å². The number of hydrogen-bond donors (Lipinski definition) is 0. The molecule has 2 aliphatic rings. The minimum atomic E-state index is -0.225. The van der Waals surface area contributed by atoms with E-state index in [0.717, 1.165) is 50.7 Å². The molecule has 6 nitrogen and oxygen atoms in total. The smallest absolute Gasteiger partial charge is 0.237 e. The largest absolute Gasteiger partial charge is 0.371 e. The average molecular weight is 377 g/mol. The molecular formula is C22H27N5O. The third-order valence-electron chi connectivity index (χ3n) is 6.22. The molecule has 2 fully saturated rings. The average Bonchev–Trinajstić information content (AvgIpc) is 3.22. The molecule has 3 heterocycles. The Morgan fingerprint density at radius 3 is 2.86 bits per heavy atom. The van der Waals surface area contributed by atoms with Gasteiger partial charge in [-0.3, -0.25) is 14.7 Å². The Bertz CT molecular complexity index is 879. The molecule has 1 atom stereocenters. The van der Waals surface area contributed by atoms with Gasteiger partial charge in [0, 0.05) is 61.6 Å². The first kappa shape index (κ1) is 18.7. The molecule has 2 aromatic rings. The van der Waals surface area contributed by atoms with Crippen molar-refractivity contribution in [3.05, 3.63) is 36.7 Å². The summed E-state index contributed by atoms with van der Waals surface area (Å²) in [6.07, 6.45) is 7.58. The molecule has 2 saturated heterocycles. The summed E-state index contributed by atoms with van der Waals surface area (Å²) in [4.78, 5) is 23.2. The Morgan fingerprint density at radius 2 is 2.07 bits per heavy atom. The zero-order chi connectivity index (χ0) is 19.5. The highest BCUT2D eigenvalue weighted by Gasteiger charge is 2.31. The summed E-state index contributed by atoms with van der Waals surface area (Å²) in [5, 5.41) is 11.6. The predicted molar refractivity (Wildman–Crippen MR) is 110 cm³/mol. The van der Waals surface area contributed by atoms with Gasteiger partial charge in [-0.15, -0.1) is 0 Å². The van der Waals surface area contributed by atoms with E-state index in [-0.39, 0.29) is 11.9 Å². The fourth-order valence-electron chi connectivity index (χ4n) is 4.56. The van der Waals surface area contributed by atoms with Crippen molar-refractivity contribution in [2.45, 2.75) is 37.8 Å². The SMILES string of the molecule is CN(c1cccc2cnccc12)C1CCN(CC(=O)N2CCC[C@H]2C#N)CC1. The van der Waals surface area contributed by atoms with Gasteiger partial charge in [-0.1, -0.05) is 12.1 Å². The fourth-order valence-corrected chi connectivity index (χ4v) is 4.56. The molecule has 2 aliphatic heterocycles. The molecule has 0 aliphatic carbocycles. The quantitative estimate of drug-likeness (QED) is 0.820. The molecule has 6 heteroatoms. The van der Waals surface area contributed by atoms with Crippen LogP contribution in [0.1, 0.15) is 25.7 Å². The summed E-state index contributed by atoms with van der Waals surface area (Å²) in [5.74, 6) is 0.109. The van der Waals surface area contributed by atoms with Gasteiger partial charge in [0.1, 0.15) is 6.04 Å². The number of aromatic nitrogens is 1. The lowest BCUT2D eigenvalue weighted by molar-refractivity contribution is -0.132. The number of anilines is 1. The van der Waals surface area contributed by atoms with E-state index >= 15 is 0 Å². The lowest BCUT2D eigenvalue weighted by atomic mass is 10.0. The van der Waals surface area contributed by atoms with Crippen LogP contribution in [0.15, 0.2) is 36.7 Å². The normalized spacial score (nSPS) is 21.0. The van der Waals surface area contributed by atoms with Gasteiger partial charge in [-0.25, -0.2) is 0 Å². The van der Waals surface area contributed by atoms with Gasteiger partial charge in [-0.2, -0.15) is 5.26 Å². The van der Waals surface area contributed by atoms with Gasteiger partial charge >= 0.3 is 0 Å². The van der Waals surface area contributed by atoms with Gasteiger partial charge in [0.15, 0.2) is 0 Å². The zero-order valence-corrected chi connectivity index (χ0v) is 16.4. The van der Waals surface area contributed by atoms with E-state index in [4.69, 9.17) is 0 Å². The number of amides is 1. The summed E-state index contributed by atoms with van der Waals surface area (Å²) < 4.78 is 0. The van der Waals surface area contributed by atoms with Crippen molar-refractivity contribution in [2.75, 3.05) is 38.1 Å². The van der Waals surface area contributed by atoms with Crippen LogP contribution in [0.5, 0.6) is 0 Å². The number of carbonyl (C=O) groups is 1. The molecular weight excluding hydrogens is 350 g/mol. The second-order valence-corrected chi connectivity index (χ2v) is 7.87. The van der Waals surface area contributed by atoms with Crippen molar-refractivity contribution in [1.82, 2.24) is 14.8 Å². The third-order valence-corrected chi connectivity index (χ3v) is 6.22. The first-order valence-corrected chi connectivity index (χ1v) is 10.1. The van der Waals surface area contributed by atoms with Crippen LogP contribution >= 0.6 is 0 Å². The molecule has 0 bridgehead atoms. The van der Waals surface area contributed by atoms with Crippen LogP contribution in [0.4, 0.5) is 5.69 Å². The van der Waals surface area contributed by atoms with E-state index in [1.807, 2.05) is 12.4 Å². The summed E-state index contributed by atoms with van der Waals surface area (Å²) >= 11 is 0. The maximum Gasteiger partial charge on any atom is 0.237 e. The first-order chi connectivity index (χ1) is 13.7. The summed E-state index contributed by atoms with van der Waals surface area (Å²) in [6, 6.07) is 10.9. The number of nitrogens with zero attached hydrogens (tertiary/aromatic N) is 5. The molecule has 1 aromatic heterocycles. The van der Waals surface area contributed by atoms with Crippen molar-refractivity contribution in [1.29, 1.82) is 5.26 Å². The number of piperidine rings is 1. The maximum absolute atomic E-state index is 12.6. The maximum atomic E-state index is 12.6. The van der Waals surface area contributed by atoms with E-state index in [9.17, 15) is 10.1 Å². The zero-order valence-electron chi connectivity index (χ0n) is 16.4. The van der Waals surface area contributed by atoms with E-state index in [1.54, 1.807) is 4.90 Å². The van der Waals surface area contributed by atoms with Crippen molar-refractivity contribution in [2.24, 2.45) is 0 Å². The highest BCUT2D eigenvalue weighted by molar-refractivity contribution is 5.93. The lowest BCUT2D eigenvalue weighted by Gasteiger charge is -2.38. The van der Waals surface area contributed by atoms with Gasteiger partial charge in [0.2, 0.25) is 5.91 Å². The lowest BCUT2D eigenvalue weighted by Crippen LogP contribution is -2.48. The highest BCUT2D eigenvalue weighted by Crippen LogP contribution is 2.29. The van der Waals surface area contributed by atoms with Crippen LogP contribution < -0.4 is 4.90 Å². The second kappa shape index (κ2) is 8.15. The van der Waals surface area contributed by atoms with Crippen LogP contribution in [-0.2, 0) is 4.79 Å². The van der Waals surface area contributed by atoms with Crippen molar-refractivity contribution >= 4 is 22.4 Å². The van der Waals surface area contributed by atoms with Gasteiger partial charge in [-0.05, 0) is 37.8 Å². The Morgan fingerprint density at radius 1 is 1.25 bits per heavy atom. The molecule has 0 saturated carbocycles. The van der Waals surface area contributed by atoms with E-state index < -0.39 is 0 Å². The minimum absolute atomic E-state index is 0.109. The molecule has 1 amide bonds. The molecule has 146 valence electrons. The predicted octanol–water partition coefficient (Wildman–Crippen LogP) is 2.65. The highest BCUT2D eigenvalue weighted by atomic mass is 16.2. The first-order valence-electron chi connectivity index (χ1n) is 10.1. The van der Waals surface area contributed by atoms with Crippen molar-refractivity contribution < 1.29 is 4.79 Å². The number of nitriles is 1. The standard InChI is InChI=1S/C22H27N5O/c1-25(21-6-2-4-17-15-24-10-7-20(17)21)18-8-12-26(13-9-18)16-22(28)27-11-3-5-19(27)14-23/h2,4,6-7,10,15,18-19H,3,5,8-9,11-13,16H2,1H3/t19-/m0/s1. The minimum Gasteiger partial charge on any atom is -0.371 e. The van der Waals surface area contributed by atoms with Crippen LogP contribution in [-0.4, -0.2) is 66.0 Å². The molecule has 0 spiro atoms. The third kappa shape index (κ3) is 3.67. The topological polar surface area (TPSA) is 63.5 Å². The van der Waals surface area contributed by atoms with Gasteiger partial charge in [0.25, 0.3) is 0 Å². The van der Waals surface area contributed by atoms with Crippen LogP contribution in [0.3, 0.4) is 0 Å². The molecule has 0 N–H and O–H groups in total. The van der Waals surface area contributed by atoms with Gasteiger partial charge < -0.3 is 9.80 Å². The number of likely N-dealkylation sites (tertiary alicyclic amines) is 2. The van der Waals surface area contributed by atoms with Crippen LogP contribution in [0.2, 0.25) is 0 Å². The number of carbonyl (C=O) groups excluding carboxylic acids is 1. The Kier molecular flexibility index (Phi) is 5.45. The van der Waals surface area contributed by atoms with E-state index in [1.165, 1.54) is 11.1 Å². The van der Waals surface area contributed by atoms with Gasteiger partial charge in [0.05, 0.1) is 12.6 Å². The molecule has 4 rings (SSSR count). The van der Waals surface area contributed by atoms with E-state index in [2.05, 4.69) is 52.2 Å². The van der Waals surface area contributed by atoms with Crippen molar-refractivity contribution in [3.8, 4) is 6.07 Å². The number of hydrogen-bond acceptors (Lipinski definition) is 5. The Hall–Kier alpha value is -2.65. The fraction of sp³-hybridized carbons (Fsp3) is 0.500. The Balaban J connectivity index is 1.36. The monoisotopic (exact) mass is 377 g/mol. The summed E-state index contributed by atoms with van der Waals surface area (Å²) in [6.45, 7) is 3.00. The molecule has 1 aromatic carbocycles. The summed E-state index contributed by atoms with van der Waals surface area (Å²) in [5.41, 5.74) is 1.24. The number of benzene rings is 1. The van der Waals surface area contributed by atoms with E-state index in [0.29, 0.717) is 12.6 Å². The number of fused-ring (bicyclic) bond motifs is 1. The second-order valence-electron chi connectivity index (χ2n) is 7.87. The van der Waals surface area contributed by atoms with Crippen LogP contribution in [0, 0.1) is 11.3 Å². The molecule has 0 radical (unpaired) electrons. The molecule has 28 heavy (non-hydrogen) atoms.